The Kier molecular flexibility index (Phi) is 6.56. The fraction of sp³-hybridized carbons (Fsp3) is 0.176. The summed E-state index contributed by atoms with van der Waals surface area (Å²) >= 11 is 5.91. The van der Waals surface area contributed by atoms with Crippen molar-refractivity contribution in [1.82, 2.24) is 5.43 Å². The molecular formula is C17H16ClN3O6. The fourth-order valence-electron chi connectivity index (χ4n) is 2.20. The molecule has 9 nitrogen and oxygen atoms in total. The summed E-state index contributed by atoms with van der Waals surface area (Å²) in [6.07, 6.45) is 1.38. The Hall–Kier alpha value is -3.33. The highest BCUT2D eigenvalue weighted by Crippen LogP contribution is 2.37. The molecule has 0 fully saturated rings. The largest absolute Gasteiger partial charge is 0.493 e. The van der Waals surface area contributed by atoms with Crippen LogP contribution in [0, 0.1) is 10.1 Å². The maximum atomic E-state index is 12.1. The highest BCUT2D eigenvalue weighted by Gasteiger charge is 2.15. The number of nitro benzene ring substituents is 1. The first-order valence-electron chi connectivity index (χ1n) is 7.48. The van der Waals surface area contributed by atoms with Gasteiger partial charge < -0.3 is 14.2 Å². The standard InChI is InChI=1S/C17H16ClN3O6/c1-25-14-6-10(7-15(26-2)16(14)27-3)9-19-20-17(22)12-5-4-11(21(23)24)8-13(12)18/h4-9H,1-3H3,(H,20,22)/b19-9+. The van der Waals surface area contributed by atoms with Gasteiger partial charge in [-0.15, -0.1) is 0 Å². The fourth-order valence-corrected chi connectivity index (χ4v) is 2.46. The number of methoxy groups -OCH3 is 3. The van der Waals surface area contributed by atoms with Crippen LogP contribution in [-0.2, 0) is 0 Å². The summed E-state index contributed by atoms with van der Waals surface area (Å²) < 4.78 is 15.7. The number of nitrogens with one attached hydrogen (secondary N) is 1. The smallest absolute Gasteiger partial charge is 0.272 e. The second-order valence-electron chi connectivity index (χ2n) is 5.08. The Bertz CT molecular complexity index is 875. The molecule has 0 radical (unpaired) electrons. The van der Waals surface area contributed by atoms with Crippen LogP contribution in [0.25, 0.3) is 0 Å². The summed E-state index contributed by atoms with van der Waals surface area (Å²) in [4.78, 5) is 22.2. The van der Waals surface area contributed by atoms with E-state index < -0.39 is 10.8 Å². The Morgan fingerprint density at radius 1 is 1.15 bits per heavy atom. The normalized spacial score (nSPS) is 10.5. The van der Waals surface area contributed by atoms with Gasteiger partial charge in [0.1, 0.15) is 0 Å². The molecule has 1 amide bonds. The van der Waals surface area contributed by atoms with E-state index in [1.165, 1.54) is 39.7 Å². The zero-order valence-electron chi connectivity index (χ0n) is 14.7. The second kappa shape index (κ2) is 8.86. The first-order chi connectivity index (χ1) is 12.9. The number of hydrogen-bond donors (Lipinski definition) is 1. The number of nitro groups is 1. The molecule has 0 aliphatic rings. The molecule has 27 heavy (non-hydrogen) atoms. The third kappa shape index (κ3) is 4.64. The lowest BCUT2D eigenvalue weighted by Gasteiger charge is -2.12. The van der Waals surface area contributed by atoms with E-state index in [-0.39, 0.29) is 16.3 Å². The van der Waals surface area contributed by atoms with Gasteiger partial charge in [-0.3, -0.25) is 14.9 Å². The van der Waals surface area contributed by atoms with Gasteiger partial charge in [0, 0.05) is 17.7 Å². The molecule has 0 atom stereocenters. The van der Waals surface area contributed by atoms with E-state index in [1.807, 2.05) is 0 Å². The van der Waals surface area contributed by atoms with Crippen molar-refractivity contribution in [3.63, 3.8) is 0 Å². The zero-order valence-corrected chi connectivity index (χ0v) is 15.4. The lowest BCUT2D eigenvalue weighted by atomic mass is 10.2. The van der Waals surface area contributed by atoms with Crippen molar-refractivity contribution in [2.75, 3.05) is 21.3 Å². The Labute approximate surface area is 159 Å². The first-order valence-corrected chi connectivity index (χ1v) is 7.86. The van der Waals surface area contributed by atoms with E-state index >= 15 is 0 Å². The van der Waals surface area contributed by atoms with Gasteiger partial charge in [-0.1, -0.05) is 11.6 Å². The van der Waals surface area contributed by atoms with Gasteiger partial charge in [0.2, 0.25) is 5.75 Å². The van der Waals surface area contributed by atoms with Gasteiger partial charge in [-0.2, -0.15) is 5.10 Å². The molecule has 0 bridgehead atoms. The third-order valence-electron chi connectivity index (χ3n) is 3.47. The molecule has 0 saturated carbocycles. The molecule has 10 heteroatoms. The maximum absolute atomic E-state index is 12.1. The number of halogens is 1. The van der Waals surface area contributed by atoms with E-state index in [1.54, 1.807) is 12.1 Å². The van der Waals surface area contributed by atoms with Crippen LogP contribution >= 0.6 is 11.6 Å². The maximum Gasteiger partial charge on any atom is 0.272 e. The van der Waals surface area contributed by atoms with Crippen LogP contribution in [0.1, 0.15) is 15.9 Å². The Balaban J connectivity index is 2.18. The van der Waals surface area contributed by atoms with Crippen molar-refractivity contribution in [1.29, 1.82) is 0 Å². The molecule has 0 heterocycles. The number of carbonyl (C=O) groups is 1. The van der Waals surface area contributed by atoms with E-state index in [0.29, 0.717) is 22.8 Å². The van der Waals surface area contributed by atoms with E-state index in [4.69, 9.17) is 25.8 Å². The van der Waals surface area contributed by atoms with Crippen LogP contribution in [0.15, 0.2) is 35.4 Å². The van der Waals surface area contributed by atoms with E-state index in [9.17, 15) is 14.9 Å². The minimum atomic E-state index is -0.612. The van der Waals surface area contributed by atoms with Gasteiger partial charge in [-0.05, 0) is 18.2 Å². The number of benzene rings is 2. The molecule has 1 N–H and O–H groups in total. The number of hydrazone groups is 1. The van der Waals surface area contributed by atoms with Gasteiger partial charge in [0.25, 0.3) is 11.6 Å². The number of carbonyl (C=O) groups excluding carboxylic acids is 1. The third-order valence-corrected chi connectivity index (χ3v) is 3.79. The first kappa shape index (κ1) is 20.0. The van der Waals surface area contributed by atoms with Crippen LogP contribution in [0.3, 0.4) is 0 Å². The summed E-state index contributed by atoms with van der Waals surface area (Å²) in [5.41, 5.74) is 2.74. The molecule has 0 unspecified atom stereocenters. The molecular weight excluding hydrogens is 378 g/mol. The second-order valence-corrected chi connectivity index (χ2v) is 5.49. The van der Waals surface area contributed by atoms with Crippen molar-refractivity contribution in [3.8, 4) is 17.2 Å². The highest BCUT2D eigenvalue weighted by molar-refractivity contribution is 6.34. The summed E-state index contributed by atoms with van der Waals surface area (Å²) in [5.74, 6) is 0.684. The van der Waals surface area contributed by atoms with Crippen molar-refractivity contribution >= 4 is 29.4 Å². The van der Waals surface area contributed by atoms with E-state index in [2.05, 4.69) is 10.5 Å². The predicted molar refractivity (Wildman–Crippen MR) is 99.3 cm³/mol. The number of non-ortho nitro benzene ring substituents is 1. The summed E-state index contributed by atoms with van der Waals surface area (Å²) in [7, 11) is 4.45. The van der Waals surface area contributed by atoms with Crippen LogP contribution < -0.4 is 19.6 Å². The zero-order chi connectivity index (χ0) is 20.0. The van der Waals surface area contributed by atoms with Crippen LogP contribution in [0.4, 0.5) is 5.69 Å². The van der Waals surface area contributed by atoms with Crippen LogP contribution in [-0.4, -0.2) is 38.4 Å². The van der Waals surface area contributed by atoms with Gasteiger partial charge in [-0.25, -0.2) is 5.43 Å². The number of amides is 1. The Morgan fingerprint density at radius 3 is 2.26 bits per heavy atom. The lowest BCUT2D eigenvalue weighted by molar-refractivity contribution is -0.384. The Morgan fingerprint density at radius 2 is 1.78 bits per heavy atom. The summed E-state index contributed by atoms with van der Waals surface area (Å²) in [6, 6.07) is 6.83. The quantitative estimate of drug-likeness (QED) is 0.439. The molecule has 0 saturated heterocycles. The van der Waals surface area contributed by atoms with Crippen molar-refractivity contribution in [2.24, 2.45) is 5.10 Å². The minimum Gasteiger partial charge on any atom is -0.493 e. The summed E-state index contributed by atoms with van der Waals surface area (Å²) in [6.45, 7) is 0. The van der Waals surface area contributed by atoms with Gasteiger partial charge in [0.15, 0.2) is 11.5 Å². The topological polar surface area (TPSA) is 112 Å². The molecule has 142 valence electrons. The van der Waals surface area contributed by atoms with Gasteiger partial charge in [0.05, 0.1) is 43.1 Å². The van der Waals surface area contributed by atoms with Crippen molar-refractivity contribution in [2.45, 2.75) is 0 Å². The molecule has 0 aromatic heterocycles. The molecule has 2 aromatic rings. The molecule has 2 aromatic carbocycles. The van der Waals surface area contributed by atoms with Crippen molar-refractivity contribution < 1.29 is 23.9 Å². The number of ether oxygens (including phenoxy) is 3. The molecule has 0 spiro atoms. The number of nitrogens with zero attached hydrogens (tertiary/aromatic N) is 2. The number of hydrogen-bond acceptors (Lipinski definition) is 7. The van der Waals surface area contributed by atoms with Crippen molar-refractivity contribution in [3.05, 3.63) is 56.6 Å². The monoisotopic (exact) mass is 393 g/mol. The average Bonchev–Trinajstić information content (AvgIpc) is 2.66. The number of rotatable bonds is 7. The SMILES string of the molecule is COc1cc(/C=N/NC(=O)c2ccc([N+](=O)[O-])cc2Cl)cc(OC)c1OC. The lowest BCUT2D eigenvalue weighted by Crippen LogP contribution is -2.18. The highest BCUT2D eigenvalue weighted by atomic mass is 35.5. The molecule has 0 aliphatic carbocycles. The summed E-state index contributed by atoms with van der Waals surface area (Å²) in [5, 5.41) is 14.5. The van der Waals surface area contributed by atoms with Crippen LogP contribution in [0.2, 0.25) is 5.02 Å². The van der Waals surface area contributed by atoms with Crippen LogP contribution in [0.5, 0.6) is 17.2 Å². The minimum absolute atomic E-state index is 0.0512. The average molecular weight is 394 g/mol. The van der Waals surface area contributed by atoms with E-state index in [0.717, 1.165) is 6.07 Å². The molecule has 2 rings (SSSR count). The predicted octanol–water partition coefficient (Wildman–Crippen LogP) is 3.04. The van der Waals surface area contributed by atoms with Gasteiger partial charge >= 0.3 is 0 Å². The molecule has 0 aliphatic heterocycles.